The van der Waals surface area contributed by atoms with Crippen molar-refractivity contribution in [3.63, 3.8) is 0 Å². The fourth-order valence-corrected chi connectivity index (χ4v) is 1.26. The van der Waals surface area contributed by atoms with Crippen molar-refractivity contribution < 1.29 is 4.79 Å². The molecule has 0 aliphatic carbocycles. The number of nitrogens with one attached hydrogen (secondary N) is 1. The van der Waals surface area contributed by atoms with Gasteiger partial charge in [-0.15, -0.1) is 0 Å². The Bertz CT molecular complexity index is 325. The molecule has 3 heteroatoms. The molecule has 0 aliphatic heterocycles. The van der Waals surface area contributed by atoms with Crippen molar-refractivity contribution in [2.45, 2.75) is 41.0 Å². The summed E-state index contributed by atoms with van der Waals surface area (Å²) in [6.45, 7) is 9.71. The van der Waals surface area contributed by atoms with E-state index in [0.29, 0.717) is 6.42 Å². The van der Waals surface area contributed by atoms with Gasteiger partial charge in [-0.3, -0.25) is 9.89 Å². The minimum Gasteiger partial charge on any atom is -0.299 e. The third-order valence-electron chi connectivity index (χ3n) is 2.45. The Balaban J connectivity index is 2.85. The molecule has 14 heavy (non-hydrogen) atoms. The Morgan fingerprint density at radius 3 is 2.29 bits per heavy atom. The minimum atomic E-state index is -0.268. The van der Waals surface area contributed by atoms with Crippen LogP contribution in [0.3, 0.4) is 0 Å². The van der Waals surface area contributed by atoms with Crippen LogP contribution in [0.15, 0.2) is 0 Å². The van der Waals surface area contributed by atoms with E-state index in [4.69, 9.17) is 0 Å². The van der Waals surface area contributed by atoms with Gasteiger partial charge in [-0.1, -0.05) is 20.8 Å². The summed E-state index contributed by atoms with van der Waals surface area (Å²) in [5.74, 6) is 0.255. The number of H-pyrrole nitrogens is 1. The van der Waals surface area contributed by atoms with Crippen molar-refractivity contribution in [1.29, 1.82) is 0 Å². The first-order chi connectivity index (χ1) is 6.32. The van der Waals surface area contributed by atoms with Crippen LogP contribution in [0.5, 0.6) is 0 Å². The van der Waals surface area contributed by atoms with Crippen molar-refractivity contribution in [1.82, 2.24) is 10.2 Å². The molecule has 1 N–H and O–H groups in total. The molecule has 1 heterocycles. The number of aromatic amines is 1. The fourth-order valence-electron chi connectivity index (χ4n) is 1.26. The van der Waals surface area contributed by atoms with E-state index in [1.807, 2.05) is 34.6 Å². The lowest BCUT2D eigenvalue weighted by Gasteiger charge is -2.16. The van der Waals surface area contributed by atoms with E-state index in [-0.39, 0.29) is 11.2 Å². The molecule has 0 spiro atoms. The van der Waals surface area contributed by atoms with Crippen LogP contribution < -0.4 is 0 Å². The molecule has 1 aromatic heterocycles. The molecule has 0 bridgehead atoms. The minimum absolute atomic E-state index is 0.255. The summed E-state index contributed by atoms with van der Waals surface area (Å²) in [6.07, 6.45) is 0.484. The van der Waals surface area contributed by atoms with Crippen LogP contribution in [0.25, 0.3) is 0 Å². The third-order valence-corrected chi connectivity index (χ3v) is 2.45. The number of carbonyl (C=O) groups is 1. The summed E-state index contributed by atoms with van der Waals surface area (Å²) in [4.78, 5) is 11.8. The number of aromatic nitrogens is 2. The number of rotatable bonds is 2. The van der Waals surface area contributed by atoms with Crippen LogP contribution in [0.2, 0.25) is 0 Å². The van der Waals surface area contributed by atoms with Crippen LogP contribution in [-0.2, 0) is 11.2 Å². The molecular formula is C11H18N2O. The largest absolute Gasteiger partial charge is 0.299 e. The molecule has 0 fully saturated rings. The average molecular weight is 194 g/mol. The van der Waals surface area contributed by atoms with Gasteiger partial charge in [0.25, 0.3) is 0 Å². The Morgan fingerprint density at radius 1 is 1.36 bits per heavy atom. The number of hydrogen-bond donors (Lipinski definition) is 1. The van der Waals surface area contributed by atoms with E-state index in [1.54, 1.807) is 0 Å². The standard InChI is InChI=1S/C11H18N2O/c1-7-9(8(2)13-12-7)6-10(14)11(3,4)5/h6H2,1-5H3,(H,12,13). The zero-order chi connectivity index (χ0) is 10.9. The van der Waals surface area contributed by atoms with E-state index < -0.39 is 0 Å². The normalized spacial score (nSPS) is 11.8. The molecule has 0 saturated heterocycles. The van der Waals surface area contributed by atoms with E-state index >= 15 is 0 Å². The first-order valence-corrected chi connectivity index (χ1v) is 4.86. The molecule has 1 rings (SSSR count). The van der Waals surface area contributed by atoms with Crippen LogP contribution in [-0.4, -0.2) is 16.0 Å². The maximum absolute atomic E-state index is 11.8. The van der Waals surface area contributed by atoms with Crippen molar-refractivity contribution in [3.8, 4) is 0 Å². The van der Waals surface area contributed by atoms with Gasteiger partial charge in [-0.25, -0.2) is 0 Å². The average Bonchev–Trinajstić information content (AvgIpc) is 2.34. The second-order valence-corrected chi connectivity index (χ2v) is 4.76. The van der Waals surface area contributed by atoms with Gasteiger partial charge in [-0.2, -0.15) is 5.10 Å². The summed E-state index contributed by atoms with van der Waals surface area (Å²) >= 11 is 0. The van der Waals surface area contributed by atoms with Crippen LogP contribution >= 0.6 is 0 Å². The summed E-state index contributed by atoms with van der Waals surface area (Å²) < 4.78 is 0. The van der Waals surface area contributed by atoms with Crippen molar-refractivity contribution in [2.24, 2.45) is 5.41 Å². The molecule has 0 aromatic carbocycles. The van der Waals surface area contributed by atoms with Gasteiger partial charge in [0, 0.05) is 23.1 Å². The van der Waals surface area contributed by atoms with Gasteiger partial charge in [0.1, 0.15) is 5.78 Å². The lowest BCUT2D eigenvalue weighted by Crippen LogP contribution is -2.22. The molecule has 0 aliphatic rings. The maximum atomic E-state index is 11.8. The third kappa shape index (κ3) is 2.22. The predicted molar refractivity (Wildman–Crippen MR) is 56.2 cm³/mol. The Morgan fingerprint density at radius 2 is 1.93 bits per heavy atom. The molecule has 78 valence electrons. The van der Waals surface area contributed by atoms with E-state index in [1.165, 1.54) is 0 Å². The molecule has 3 nitrogen and oxygen atoms in total. The van der Waals surface area contributed by atoms with Gasteiger partial charge >= 0.3 is 0 Å². The fraction of sp³-hybridized carbons (Fsp3) is 0.636. The summed E-state index contributed by atoms with van der Waals surface area (Å²) in [5.41, 5.74) is 2.71. The lowest BCUT2D eigenvalue weighted by molar-refractivity contribution is -0.125. The zero-order valence-corrected chi connectivity index (χ0v) is 9.56. The van der Waals surface area contributed by atoms with Gasteiger partial charge < -0.3 is 0 Å². The van der Waals surface area contributed by atoms with E-state index in [9.17, 15) is 4.79 Å². The zero-order valence-electron chi connectivity index (χ0n) is 9.56. The first kappa shape index (κ1) is 11.0. The van der Waals surface area contributed by atoms with Crippen LogP contribution in [0.1, 0.15) is 37.7 Å². The van der Waals surface area contributed by atoms with E-state index in [0.717, 1.165) is 17.0 Å². The molecule has 0 atom stereocenters. The molecule has 1 aromatic rings. The Kier molecular flexibility index (Phi) is 2.79. The quantitative estimate of drug-likeness (QED) is 0.784. The number of nitrogens with zero attached hydrogens (tertiary/aromatic N) is 1. The Labute approximate surface area is 84.9 Å². The number of Topliss-reactive ketones (excluding diaryl/α,β-unsaturated/α-hetero) is 1. The van der Waals surface area contributed by atoms with Crippen LogP contribution in [0.4, 0.5) is 0 Å². The summed E-state index contributed by atoms with van der Waals surface area (Å²) in [5, 5.41) is 6.97. The van der Waals surface area contributed by atoms with Crippen molar-refractivity contribution in [2.75, 3.05) is 0 Å². The van der Waals surface area contributed by atoms with Crippen molar-refractivity contribution in [3.05, 3.63) is 17.0 Å². The highest BCUT2D eigenvalue weighted by Gasteiger charge is 2.23. The number of ketones is 1. The predicted octanol–water partition coefficient (Wildman–Crippen LogP) is 2.18. The highest BCUT2D eigenvalue weighted by atomic mass is 16.1. The second-order valence-electron chi connectivity index (χ2n) is 4.76. The highest BCUT2D eigenvalue weighted by molar-refractivity contribution is 5.86. The lowest BCUT2D eigenvalue weighted by atomic mass is 9.87. The smallest absolute Gasteiger partial charge is 0.142 e. The van der Waals surface area contributed by atoms with Gasteiger partial charge in [0.2, 0.25) is 0 Å². The van der Waals surface area contributed by atoms with Gasteiger partial charge in [0.15, 0.2) is 0 Å². The first-order valence-electron chi connectivity index (χ1n) is 4.86. The molecule has 0 amide bonds. The van der Waals surface area contributed by atoms with Crippen molar-refractivity contribution >= 4 is 5.78 Å². The topological polar surface area (TPSA) is 45.8 Å². The SMILES string of the molecule is Cc1n[nH]c(C)c1CC(=O)C(C)(C)C. The molecule has 0 unspecified atom stereocenters. The van der Waals surface area contributed by atoms with Gasteiger partial charge in [-0.05, 0) is 13.8 Å². The monoisotopic (exact) mass is 194 g/mol. The highest BCUT2D eigenvalue weighted by Crippen LogP contribution is 2.20. The summed E-state index contributed by atoms with van der Waals surface area (Å²) in [7, 11) is 0. The number of aryl methyl sites for hydroxylation is 2. The molecular weight excluding hydrogens is 176 g/mol. The van der Waals surface area contributed by atoms with Crippen LogP contribution in [0, 0.1) is 19.3 Å². The van der Waals surface area contributed by atoms with E-state index in [2.05, 4.69) is 10.2 Å². The number of hydrogen-bond acceptors (Lipinski definition) is 2. The summed E-state index contributed by atoms with van der Waals surface area (Å²) in [6, 6.07) is 0. The molecule has 0 radical (unpaired) electrons. The number of carbonyl (C=O) groups excluding carboxylic acids is 1. The molecule has 0 saturated carbocycles. The van der Waals surface area contributed by atoms with Gasteiger partial charge in [0.05, 0.1) is 5.69 Å². The maximum Gasteiger partial charge on any atom is 0.142 e. The second kappa shape index (κ2) is 3.56. The Hall–Kier alpha value is -1.12.